The van der Waals surface area contributed by atoms with E-state index >= 15 is 0 Å². The monoisotopic (exact) mass is 278 g/mol. The zero-order valence-electron chi connectivity index (χ0n) is 12.5. The van der Waals surface area contributed by atoms with Gasteiger partial charge in [0, 0.05) is 32.3 Å². The lowest BCUT2D eigenvalue weighted by atomic mass is 9.68. The van der Waals surface area contributed by atoms with Crippen molar-refractivity contribution in [1.29, 1.82) is 0 Å². The summed E-state index contributed by atoms with van der Waals surface area (Å²) in [7, 11) is 0. The second kappa shape index (κ2) is 6.22. The van der Waals surface area contributed by atoms with E-state index in [1.807, 2.05) is 10.9 Å². The van der Waals surface area contributed by atoms with Crippen LogP contribution in [0.2, 0.25) is 0 Å². The third kappa shape index (κ3) is 3.04. The number of ether oxygens (including phenoxy) is 1. The molecule has 5 heteroatoms. The maximum atomic E-state index is 5.51. The molecule has 2 fully saturated rings. The van der Waals surface area contributed by atoms with Crippen LogP contribution in [0.5, 0.6) is 0 Å². The van der Waals surface area contributed by atoms with Crippen molar-refractivity contribution in [2.45, 2.75) is 64.6 Å². The Morgan fingerprint density at radius 3 is 2.75 bits per heavy atom. The molecule has 112 valence electrons. The van der Waals surface area contributed by atoms with Crippen molar-refractivity contribution in [1.82, 2.24) is 20.3 Å². The Labute approximate surface area is 121 Å². The lowest BCUT2D eigenvalue weighted by molar-refractivity contribution is -0.00932. The van der Waals surface area contributed by atoms with Gasteiger partial charge in [0.05, 0.1) is 11.9 Å². The molecule has 0 atom stereocenters. The summed E-state index contributed by atoms with van der Waals surface area (Å²) in [4.78, 5) is 0. The van der Waals surface area contributed by atoms with Crippen molar-refractivity contribution in [2.75, 3.05) is 13.2 Å². The van der Waals surface area contributed by atoms with Crippen LogP contribution in [-0.2, 0) is 17.8 Å². The number of rotatable bonds is 4. The Kier molecular flexibility index (Phi) is 4.36. The number of nitrogens with zero attached hydrogens (tertiary/aromatic N) is 3. The van der Waals surface area contributed by atoms with E-state index in [0.717, 1.165) is 26.3 Å². The third-order valence-electron chi connectivity index (χ3n) is 5.17. The predicted molar refractivity (Wildman–Crippen MR) is 77.3 cm³/mol. The lowest BCUT2D eigenvalue weighted by Crippen LogP contribution is -2.40. The van der Waals surface area contributed by atoms with E-state index in [0.29, 0.717) is 11.5 Å². The normalized spacial score (nSPS) is 23.2. The first-order valence-electron chi connectivity index (χ1n) is 8.00. The van der Waals surface area contributed by atoms with Gasteiger partial charge in [0.25, 0.3) is 0 Å². The molecule has 20 heavy (non-hydrogen) atoms. The van der Waals surface area contributed by atoms with Gasteiger partial charge in [-0.2, -0.15) is 0 Å². The average Bonchev–Trinajstić information content (AvgIpc) is 2.95. The molecule has 0 bridgehead atoms. The van der Waals surface area contributed by atoms with Gasteiger partial charge in [0.15, 0.2) is 0 Å². The molecule has 1 aromatic heterocycles. The topological polar surface area (TPSA) is 52.0 Å². The molecule has 1 aliphatic carbocycles. The first kappa shape index (κ1) is 14.0. The highest BCUT2D eigenvalue weighted by Gasteiger charge is 2.36. The van der Waals surface area contributed by atoms with Crippen LogP contribution in [0.1, 0.15) is 51.1 Å². The molecule has 1 aromatic rings. The van der Waals surface area contributed by atoms with Gasteiger partial charge in [-0.3, -0.25) is 0 Å². The van der Waals surface area contributed by atoms with Crippen molar-refractivity contribution in [2.24, 2.45) is 5.41 Å². The molecule has 0 amide bonds. The molecular weight excluding hydrogens is 252 g/mol. The van der Waals surface area contributed by atoms with Crippen molar-refractivity contribution < 1.29 is 4.74 Å². The molecule has 0 radical (unpaired) electrons. The highest BCUT2D eigenvalue weighted by Crippen LogP contribution is 2.44. The van der Waals surface area contributed by atoms with Gasteiger partial charge in [-0.25, -0.2) is 4.68 Å². The van der Waals surface area contributed by atoms with Gasteiger partial charge in [0.1, 0.15) is 0 Å². The van der Waals surface area contributed by atoms with Crippen LogP contribution < -0.4 is 5.32 Å². The minimum Gasteiger partial charge on any atom is -0.381 e. The van der Waals surface area contributed by atoms with Gasteiger partial charge in [-0.05, 0) is 50.9 Å². The van der Waals surface area contributed by atoms with E-state index < -0.39 is 0 Å². The average molecular weight is 278 g/mol. The van der Waals surface area contributed by atoms with E-state index in [-0.39, 0.29) is 0 Å². The number of nitrogens with one attached hydrogen (secondary N) is 1. The smallest absolute Gasteiger partial charge is 0.0738 e. The van der Waals surface area contributed by atoms with Crippen LogP contribution in [0.4, 0.5) is 0 Å². The van der Waals surface area contributed by atoms with E-state index in [1.165, 1.54) is 44.2 Å². The zero-order valence-corrected chi connectivity index (χ0v) is 12.5. The molecule has 0 aromatic carbocycles. The lowest BCUT2D eigenvalue weighted by Gasteiger charge is -2.43. The molecular formula is C15H26N4O. The van der Waals surface area contributed by atoms with Crippen molar-refractivity contribution in [3.05, 3.63) is 11.9 Å². The fourth-order valence-electron chi connectivity index (χ4n) is 3.67. The Morgan fingerprint density at radius 1 is 1.30 bits per heavy atom. The molecule has 5 nitrogen and oxygen atoms in total. The number of hydrogen-bond acceptors (Lipinski definition) is 4. The van der Waals surface area contributed by atoms with Gasteiger partial charge in [0.2, 0.25) is 0 Å². The van der Waals surface area contributed by atoms with Gasteiger partial charge in [-0.1, -0.05) is 5.21 Å². The summed E-state index contributed by atoms with van der Waals surface area (Å²) >= 11 is 0. The maximum Gasteiger partial charge on any atom is 0.0738 e. The summed E-state index contributed by atoms with van der Waals surface area (Å²) in [6, 6.07) is 0.656. The molecule has 1 spiro atoms. The van der Waals surface area contributed by atoms with Crippen LogP contribution in [0.25, 0.3) is 0 Å². The summed E-state index contributed by atoms with van der Waals surface area (Å²) in [5.74, 6) is 0. The largest absolute Gasteiger partial charge is 0.381 e. The van der Waals surface area contributed by atoms with Crippen LogP contribution in [0, 0.1) is 5.41 Å². The first-order valence-corrected chi connectivity index (χ1v) is 8.00. The van der Waals surface area contributed by atoms with E-state index in [9.17, 15) is 0 Å². The number of aromatic nitrogens is 3. The Hall–Kier alpha value is -0.940. The van der Waals surface area contributed by atoms with Gasteiger partial charge < -0.3 is 10.1 Å². The molecule has 1 saturated carbocycles. The van der Waals surface area contributed by atoms with E-state index in [4.69, 9.17) is 4.74 Å². The molecule has 1 N–H and O–H groups in total. The second-order valence-electron chi connectivity index (χ2n) is 6.31. The second-order valence-corrected chi connectivity index (χ2v) is 6.31. The molecule has 1 aliphatic heterocycles. The van der Waals surface area contributed by atoms with Crippen molar-refractivity contribution in [3.63, 3.8) is 0 Å². The molecule has 0 unspecified atom stereocenters. The van der Waals surface area contributed by atoms with Crippen molar-refractivity contribution >= 4 is 0 Å². The highest BCUT2D eigenvalue weighted by atomic mass is 16.5. The Balaban J connectivity index is 1.47. The van der Waals surface area contributed by atoms with E-state index in [1.54, 1.807) is 0 Å². The molecule has 2 heterocycles. The fourth-order valence-corrected chi connectivity index (χ4v) is 3.67. The summed E-state index contributed by atoms with van der Waals surface area (Å²) in [5, 5.41) is 11.8. The summed E-state index contributed by atoms with van der Waals surface area (Å²) < 4.78 is 7.48. The summed E-state index contributed by atoms with van der Waals surface area (Å²) in [6.45, 7) is 5.83. The molecule has 1 saturated heterocycles. The maximum absolute atomic E-state index is 5.51. The number of aryl methyl sites for hydroxylation is 1. The van der Waals surface area contributed by atoms with Crippen LogP contribution >= 0.6 is 0 Å². The predicted octanol–water partition coefficient (Wildman–Crippen LogP) is 2.13. The van der Waals surface area contributed by atoms with Crippen LogP contribution in [0.3, 0.4) is 0 Å². The van der Waals surface area contributed by atoms with Crippen LogP contribution in [-0.4, -0.2) is 34.2 Å². The SMILES string of the molecule is CCn1nncc1CNC1CCC2(CCOCC2)CC1. The van der Waals surface area contributed by atoms with Gasteiger partial charge in [-0.15, -0.1) is 5.10 Å². The van der Waals surface area contributed by atoms with Crippen LogP contribution in [0.15, 0.2) is 6.20 Å². The van der Waals surface area contributed by atoms with Crippen molar-refractivity contribution in [3.8, 4) is 0 Å². The standard InChI is InChI=1S/C15H26N4O/c1-2-19-14(12-17-18-19)11-16-13-3-5-15(6-4-13)7-9-20-10-8-15/h12-13,16H,2-11H2,1H3. The molecule has 3 rings (SSSR count). The quantitative estimate of drug-likeness (QED) is 0.916. The fraction of sp³-hybridized carbons (Fsp3) is 0.867. The summed E-state index contributed by atoms with van der Waals surface area (Å²) in [5.41, 5.74) is 1.79. The first-order chi connectivity index (χ1) is 9.81. The number of hydrogen-bond donors (Lipinski definition) is 1. The van der Waals surface area contributed by atoms with Gasteiger partial charge >= 0.3 is 0 Å². The van der Waals surface area contributed by atoms with E-state index in [2.05, 4.69) is 22.6 Å². The Bertz CT molecular complexity index is 415. The third-order valence-corrected chi connectivity index (χ3v) is 5.17. The highest BCUT2D eigenvalue weighted by molar-refractivity contribution is 4.95. The Morgan fingerprint density at radius 2 is 2.05 bits per heavy atom. The molecule has 2 aliphatic rings. The zero-order chi connectivity index (χ0) is 13.8. The minimum absolute atomic E-state index is 0.600. The minimum atomic E-state index is 0.600. The summed E-state index contributed by atoms with van der Waals surface area (Å²) in [6.07, 6.45) is 9.73.